The van der Waals surface area contributed by atoms with Gasteiger partial charge in [0.1, 0.15) is 61.0 Å². The molecule has 1 aromatic carbocycles. The van der Waals surface area contributed by atoms with Gasteiger partial charge in [-0.3, -0.25) is 9.59 Å². The lowest BCUT2D eigenvalue weighted by atomic mass is 9.84. The third-order valence-electron chi connectivity index (χ3n) is 15.7. The number of benzene rings is 1. The number of aliphatic hydroxyl groups is 8. The molecule has 7 rings (SSSR count). The van der Waals surface area contributed by atoms with Crippen LogP contribution in [0.15, 0.2) is 24.3 Å². The molecule has 28 unspecified atom stereocenters. The van der Waals surface area contributed by atoms with Crippen LogP contribution >= 0.6 is 0 Å². The van der Waals surface area contributed by atoms with Crippen molar-refractivity contribution in [1.29, 1.82) is 0 Å². The van der Waals surface area contributed by atoms with Crippen molar-refractivity contribution in [2.45, 2.75) is 197 Å². The number of amides is 2. The van der Waals surface area contributed by atoms with Gasteiger partial charge >= 0.3 is 0 Å². The van der Waals surface area contributed by atoms with Crippen LogP contribution in [0.1, 0.15) is 46.4 Å². The Kier molecular flexibility index (Phi) is 23.6. The monoisotopic (exact) mass is 1150 g/mol. The van der Waals surface area contributed by atoms with Crippen molar-refractivity contribution in [3.8, 4) is 0 Å². The van der Waals surface area contributed by atoms with Gasteiger partial charge in [-0.15, -0.1) is 0 Å². The first-order valence-corrected chi connectivity index (χ1v) is 27.2. The smallest absolute Gasteiger partial charge is 0.251 e. The first kappa shape index (κ1) is 64.6. The molecule has 32 nitrogen and oxygen atoms in total. The van der Waals surface area contributed by atoms with Crippen molar-refractivity contribution in [2.24, 2.45) is 57.3 Å². The number of nitrogens with one attached hydrogen (secondary N) is 4. The van der Waals surface area contributed by atoms with Gasteiger partial charge in [0.2, 0.25) is 0 Å². The van der Waals surface area contributed by atoms with Crippen LogP contribution in [0, 0.1) is 0 Å². The highest BCUT2D eigenvalue weighted by molar-refractivity contribution is 5.99. The van der Waals surface area contributed by atoms with Crippen LogP contribution in [0.5, 0.6) is 0 Å². The highest BCUT2D eigenvalue weighted by Crippen LogP contribution is 2.33. The maximum Gasteiger partial charge on any atom is 0.251 e. The standard InChI is InChI=1S/C48H88N14O18/c49-13-27-25(63)11-23(55)45(73-27)77-39-19(51)9-21(53)41(37(39)69)79-47-35(67)31(57)33(65)29(75-47)15-59-4-6-61-43(71)17-2-1-3-18(8-17)44(72)62-7-5-60-16-30-34(66)32(58)36(68)48(76-30)80-42-22(54)10-20(52)40(38(42)70)78-46-24(56)12-26(64)28(14-50)74-46/h1-3,8,19-42,45-48,59-60,63-70H,4-7,9-16,49-58H2,(H,61,71)(H,62,72). The van der Waals surface area contributed by atoms with E-state index in [1.54, 1.807) is 6.07 Å². The summed E-state index contributed by atoms with van der Waals surface area (Å²) in [5.41, 5.74) is 62.0. The Bertz CT molecular complexity index is 1970. The van der Waals surface area contributed by atoms with E-state index in [1.165, 1.54) is 18.2 Å². The second-order valence-electron chi connectivity index (χ2n) is 21.7. The average Bonchev–Trinajstić information content (AvgIpc) is 3.47. The minimum absolute atomic E-state index is 0.00180. The molecule has 0 aromatic heterocycles. The van der Waals surface area contributed by atoms with E-state index in [2.05, 4.69) is 21.3 Å². The Morgan fingerprint density at radius 3 is 1.14 bits per heavy atom. The van der Waals surface area contributed by atoms with Crippen molar-refractivity contribution in [3.05, 3.63) is 35.4 Å². The van der Waals surface area contributed by atoms with Crippen LogP contribution in [-0.4, -0.2) is 276 Å². The zero-order valence-electron chi connectivity index (χ0n) is 44.4. The normalized spacial score (nSPS) is 44.5. The molecule has 32 N–H and O–H groups in total. The third-order valence-corrected chi connectivity index (χ3v) is 15.7. The number of rotatable bonds is 22. The average molecular weight is 1150 g/mol. The van der Waals surface area contributed by atoms with Gasteiger partial charge < -0.3 is 157 Å². The molecule has 4 saturated heterocycles. The number of carbonyl (C=O) groups excluding carboxylic acids is 2. The maximum absolute atomic E-state index is 13.1. The van der Waals surface area contributed by atoms with Gasteiger partial charge in [-0.05, 0) is 43.9 Å². The highest BCUT2D eigenvalue weighted by atomic mass is 16.7. The van der Waals surface area contributed by atoms with E-state index in [0.29, 0.717) is 0 Å². The molecule has 4 heterocycles. The minimum Gasteiger partial charge on any atom is -0.390 e. The Morgan fingerprint density at radius 2 is 0.787 bits per heavy atom. The Morgan fingerprint density at radius 1 is 0.450 bits per heavy atom. The van der Waals surface area contributed by atoms with E-state index in [9.17, 15) is 50.4 Å². The summed E-state index contributed by atoms with van der Waals surface area (Å²) in [6, 6.07) is -1.17. The van der Waals surface area contributed by atoms with Gasteiger partial charge in [0.25, 0.3) is 11.8 Å². The predicted molar refractivity (Wildman–Crippen MR) is 279 cm³/mol. The molecule has 2 saturated carbocycles. The van der Waals surface area contributed by atoms with Crippen molar-refractivity contribution < 1.29 is 88.3 Å². The SMILES string of the molecule is NCC1OC(OC2C(N)CC(N)C(OC3OC(CNCCNC(=O)c4cccc(C(=O)NCCNCC5OC(OC6C(N)CC(N)C(OC7OC(CN)C(O)CC7N)C6O)C(O)C(N)C5O)c4)C(O)C(N)C3O)C2O)C(N)CC1O. The summed E-state index contributed by atoms with van der Waals surface area (Å²) in [5.74, 6) is -0.966. The second kappa shape index (κ2) is 29.2. The molecule has 80 heavy (non-hydrogen) atoms. The van der Waals surface area contributed by atoms with Gasteiger partial charge in [0.05, 0.1) is 60.8 Å². The summed E-state index contributed by atoms with van der Waals surface area (Å²) in [5, 5.41) is 98.8. The van der Waals surface area contributed by atoms with Crippen LogP contribution in [0.25, 0.3) is 0 Å². The zero-order valence-corrected chi connectivity index (χ0v) is 44.4. The summed E-state index contributed by atoms with van der Waals surface area (Å²) >= 11 is 0. The summed E-state index contributed by atoms with van der Waals surface area (Å²) in [4.78, 5) is 26.3. The van der Waals surface area contributed by atoms with Crippen LogP contribution in [0.4, 0.5) is 0 Å². The molecule has 6 fully saturated rings. The molecule has 1 aromatic rings. The molecule has 4 aliphatic heterocycles. The molecular formula is C48H88N14O18. The molecule has 2 amide bonds. The summed E-state index contributed by atoms with van der Waals surface area (Å²) in [6.07, 6.45) is -23.1. The van der Waals surface area contributed by atoms with E-state index in [0.717, 1.165) is 0 Å². The van der Waals surface area contributed by atoms with Crippen LogP contribution < -0.4 is 78.6 Å². The first-order chi connectivity index (χ1) is 38.0. The summed E-state index contributed by atoms with van der Waals surface area (Å²) in [6.45, 7) is 0.580. The fourth-order valence-electron chi connectivity index (χ4n) is 10.9. The van der Waals surface area contributed by atoms with Crippen molar-refractivity contribution >= 4 is 11.8 Å². The molecule has 0 spiro atoms. The first-order valence-electron chi connectivity index (χ1n) is 27.2. The van der Waals surface area contributed by atoms with E-state index in [1.807, 2.05) is 0 Å². The lowest BCUT2D eigenvalue weighted by Crippen LogP contribution is -2.68. The second-order valence-corrected chi connectivity index (χ2v) is 21.7. The van der Waals surface area contributed by atoms with Crippen molar-refractivity contribution in [3.63, 3.8) is 0 Å². The topological polar surface area (TPSA) is 578 Å². The lowest BCUT2D eigenvalue weighted by molar-refractivity contribution is -0.311. The quantitative estimate of drug-likeness (QED) is 0.0479. The van der Waals surface area contributed by atoms with E-state index in [-0.39, 0.29) is 89.2 Å². The Balaban J connectivity index is 0.817. The molecule has 0 radical (unpaired) electrons. The van der Waals surface area contributed by atoms with Crippen LogP contribution in [-0.2, 0) is 37.9 Å². The van der Waals surface area contributed by atoms with E-state index < -0.39 is 183 Å². The zero-order chi connectivity index (χ0) is 58.3. The summed E-state index contributed by atoms with van der Waals surface area (Å²) in [7, 11) is 0. The minimum atomic E-state index is -1.54. The molecular weight excluding hydrogens is 1060 g/mol. The molecule has 32 heteroatoms. The van der Waals surface area contributed by atoms with Gasteiger partial charge in [-0.1, -0.05) is 6.07 Å². The molecule has 2 aliphatic carbocycles. The fourth-order valence-corrected chi connectivity index (χ4v) is 10.9. The number of ether oxygens (including phenoxy) is 8. The number of aliphatic hydroxyl groups excluding tert-OH is 8. The van der Waals surface area contributed by atoms with Gasteiger partial charge in [-0.2, -0.15) is 0 Å². The van der Waals surface area contributed by atoms with Gasteiger partial charge in [0, 0.05) is 87.7 Å². The highest BCUT2D eigenvalue weighted by Gasteiger charge is 2.52. The molecule has 0 bridgehead atoms. The molecule has 458 valence electrons. The molecule has 28 atom stereocenters. The number of nitrogens with two attached hydrogens (primary N) is 10. The van der Waals surface area contributed by atoms with Crippen LogP contribution in [0.2, 0.25) is 0 Å². The predicted octanol–water partition coefficient (Wildman–Crippen LogP) is -12.2. The van der Waals surface area contributed by atoms with Crippen molar-refractivity contribution in [2.75, 3.05) is 52.4 Å². The fraction of sp³-hybridized carbons (Fsp3) is 0.833. The Hall–Kier alpha value is -2.96. The lowest BCUT2D eigenvalue weighted by Gasteiger charge is -2.48. The largest absolute Gasteiger partial charge is 0.390 e. The van der Waals surface area contributed by atoms with Crippen molar-refractivity contribution in [1.82, 2.24) is 21.3 Å². The Labute approximate surface area is 462 Å². The number of carbonyl (C=O) groups is 2. The van der Waals surface area contributed by atoms with Gasteiger partial charge in [0.15, 0.2) is 25.2 Å². The van der Waals surface area contributed by atoms with Crippen LogP contribution in [0.3, 0.4) is 0 Å². The third kappa shape index (κ3) is 15.5. The summed E-state index contributed by atoms with van der Waals surface area (Å²) < 4.78 is 47.6. The maximum atomic E-state index is 13.1. The van der Waals surface area contributed by atoms with E-state index in [4.69, 9.17) is 95.2 Å². The number of hydrogen-bond acceptors (Lipinski definition) is 30. The number of hydrogen-bond donors (Lipinski definition) is 22. The molecule has 6 aliphatic rings. The van der Waals surface area contributed by atoms with E-state index >= 15 is 0 Å². The van der Waals surface area contributed by atoms with Gasteiger partial charge in [-0.25, -0.2) is 0 Å².